The van der Waals surface area contributed by atoms with Crippen LogP contribution in [0.5, 0.6) is 0 Å². The van der Waals surface area contributed by atoms with Crippen molar-refractivity contribution in [3.8, 4) is 0 Å². The molecule has 0 N–H and O–H groups in total. The molecule has 0 heterocycles. The third-order valence-electron chi connectivity index (χ3n) is 1.41. The molecule has 0 spiro atoms. The van der Waals surface area contributed by atoms with Crippen molar-refractivity contribution in [1.29, 1.82) is 0 Å². The van der Waals surface area contributed by atoms with Crippen molar-refractivity contribution in [2.75, 3.05) is 0 Å². The second-order valence-corrected chi connectivity index (χ2v) is 3.58. The molecule has 0 radical (unpaired) electrons. The van der Waals surface area contributed by atoms with E-state index in [2.05, 4.69) is 0 Å². The molecule has 0 aliphatic heterocycles. The molecule has 21 heavy (non-hydrogen) atoms. The molecule has 0 amide bonds. The SMILES string of the molecule is CCC[C-]=O.CCC[C-]=O.CCC[C-]=O.CCC[C-]=O.[Ti+4]. The molecular weight excluding hydrogens is 304 g/mol. The standard InChI is InChI=1S/4C4H7O.Ti/c4*1-2-3-4-5;/h4*2-3H2,1H3;/q4*-1;+4. The first-order valence-corrected chi connectivity index (χ1v) is 7.06. The summed E-state index contributed by atoms with van der Waals surface area (Å²) in [6.45, 7) is 7.80. The zero-order valence-electron chi connectivity index (χ0n) is 13.8. The van der Waals surface area contributed by atoms with E-state index < -0.39 is 0 Å². The molecule has 0 saturated carbocycles. The number of rotatable bonds is 8. The van der Waals surface area contributed by atoms with E-state index in [1.807, 2.05) is 27.7 Å². The van der Waals surface area contributed by atoms with Crippen LogP contribution in [-0.2, 0) is 40.9 Å². The Bertz CT molecular complexity index is 145. The minimum Gasteiger partial charge on any atom is -0.542 e. The van der Waals surface area contributed by atoms with E-state index in [0.717, 1.165) is 25.7 Å². The van der Waals surface area contributed by atoms with Crippen molar-refractivity contribution >= 4 is 25.1 Å². The maximum Gasteiger partial charge on any atom is 4.00 e. The van der Waals surface area contributed by atoms with E-state index >= 15 is 0 Å². The molecule has 4 nitrogen and oxygen atoms in total. The molecule has 0 aliphatic carbocycles. The zero-order chi connectivity index (χ0) is 16.5. The summed E-state index contributed by atoms with van der Waals surface area (Å²) >= 11 is 0. The van der Waals surface area contributed by atoms with E-state index in [1.54, 1.807) is 25.1 Å². The maximum atomic E-state index is 9.28. The van der Waals surface area contributed by atoms with Gasteiger partial charge in [-0.3, -0.25) is 25.1 Å². The van der Waals surface area contributed by atoms with Gasteiger partial charge in [-0.05, 0) is 0 Å². The molecular formula is C16H28O4Ti. The van der Waals surface area contributed by atoms with Gasteiger partial charge in [0.05, 0.1) is 0 Å². The molecule has 0 bridgehead atoms. The Morgan fingerprint density at radius 2 is 0.619 bits per heavy atom. The summed E-state index contributed by atoms with van der Waals surface area (Å²) in [5.74, 6) is 0. The van der Waals surface area contributed by atoms with Gasteiger partial charge >= 0.3 is 21.7 Å². The molecule has 0 rings (SSSR count). The van der Waals surface area contributed by atoms with Crippen molar-refractivity contribution in [2.45, 2.75) is 79.1 Å². The Morgan fingerprint density at radius 3 is 0.619 bits per heavy atom. The molecule has 0 aliphatic rings. The summed E-state index contributed by atoms with van der Waals surface area (Å²) < 4.78 is 0. The van der Waals surface area contributed by atoms with Gasteiger partial charge in [0, 0.05) is 0 Å². The monoisotopic (exact) mass is 332 g/mol. The molecule has 5 heteroatoms. The molecule has 0 fully saturated rings. The molecule has 0 saturated heterocycles. The Hall–Kier alpha value is -0.606. The van der Waals surface area contributed by atoms with Crippen LogP contribution < -0.4 is 0 Å². The van der Waals surface area contributed by atoms with Gasteiger partial charge in [-0.1, -0.05) is 53.4 Å². The van der Waals surface area contributed by atoms with E-state index in [9.17, 15) is 19.2 Å². The third-order valence-corrected chi connectivity index (χ3v) is 1.41. The average Bonchev–Trinajstić information content (AvgIpc) is 2.44. The van der Waals surface area contributed by atoms with Crippen LogP contribution in [0.3, 0.4) is 0 Å². The number of hydrogen-bond donors (Lipinski definition) is 0. The van der Waals surface area contributed by atoms with E-state index in [0.29, 0.717) is 25.7 Å². The van der Waals surface area contributed by atoms with E-state index in [1.165, 1.54) is 0 Å². The second-order valence-electron chi connectivity index (χ2n) is 3.58. The van der Waals surface area contributed by atoms with Crippen LogP contribution in [0.25, 0.3) is 0 Å². The summed E-state index contributed by atoms with van der Waals surface area (Å²) in [4.78, 5) is 37.1. The largest absolute Gasteiger partial charge is 4.00 e. The van der Waals surface area contributed by atoms with Gasteiger partial charge in [-0.15, -0.1) is 0 Å². The van der Waals surface area contributed by atoms with Gasteiger partial charge < -0.3 is 19.2 Å². The summed E-state index contributed by atoms with van der Waals surface area (Å²) in [6, 6.07) is 0. The maximum absolute atomic E-state index is 9.28. The Balaban J connectivity index is -0.0000000533. The number of hydrogen-bond acceptors (Lipinski definition) is 4. The van der Waals surface area contributed by atoms with Gasteiger partial charge in [0.1, 0.15) is 0 Å². The summed E-state index contributed by atoms with van der Waals surface area (Å²) in [5, 5.41) is 0. The Kier molecular flexibility index (Phi) is 77.9. The van der Waals surface area contributed by atoms with Crippen molar-refractivity contribution in [2.24, 2.45) is 0 Å². The van der Waals surface area contributed by atoms with Crippen molar-refractivity contribution in [3.05, 3.63) is 0 Å². The number of unbranched alkanes of at least 4 members (excludes halogenated alkanes) is 4. The molecule has 0 unspecified atom stereocenters. The minimum absolute atomic E-state index is 0. The smallest absolute Gasteiger partial charge is 0.542 e. The molecule has 0 aromatic rings. The summed E-state index contributed by atoms with van der Waals surface area (Å²) in [7, 11) is 0. The van der Waals surface area contributed by atoms with Crippen molar-refractivity contribution < 1.29 is 40.9 Å². The topological polar surface area (TPSA) is 68.3 Å². The Morgan fingerprint density at radius 1 is 0.476 bits per heavy atom. The van der Waals surface area contributed by atoms with E-state index in [-0.39, 0.29) is 21.7 Å². The molecule has 0 aromatic heterocycles. The van der Waals surface area contributed by atoms with Crippen LogP contribution in [0.15, 0.2) is 0 Å². The van der Waals surface area contributed by atoms with E-state index in [4.69, 9.17) is 0 Å². The summed E-state index contributed by atoms with van der Waals surface area (Å²) in [5.41, 5.74) is 0. The Labute approximate surface area is 145 Å². The van der Waals surface area contributed by atoms with Crippen molar-refractivity contribution in [3.63, 3.8) is 0 Å². The average molecular weight is 332 g/mol. The normalized spacial score (nSPS) is 7.05. The summed E-state index contributed by atoms with van der Waals surface area (Å²) in [6.07, 6.45) is 13.1. The quantitative estimate of drug-likeness (QED) is 0.503. The van der Waals surface area contributed by atoms with Gasteiger partial charge in [0.2, 0.25) is 0 Å². The van der Waals surface area contributed by atoms with Crippen LogP contribution in [-0.4, -0.2) is 25.1 Å². The van der Waals surface area contributed by atoms with Gasteiger partial charge in [0.25, 0.3) is 0 Å². The zero-order valence-corrected chi connectivity index (χ0v) is 15.4. The number of carbonyl (C=O) groups excluding carboxylic acids is 4. The van der Waals surface area contributed by atoms with Crippen LogP contribution in [0, 0.1) is 0 Å². The van der Waals surface area contributed by atoms with Gasteiger partial charge in [-0.2, -0.15) is 25.7 Å². The fraction of sp³-hybridized carbons (Fsp3) is 0.750. The van der Waals surface area contributed by atoms with Crippen LogP contribution in [0.2, 0.25) is 0 Å². The minimum atomic E-state index is 0. The van der Waals surface area contributed by atoms with Crippen LogP contribution >= 0.6 is 0 Å². The first-order valence-electron chi connectivity index (χ1n) is 7.06. The first kappa shape index (κ1) is 32.4. The van der Waals surface area contributed by atoms with Crippen LogP contribution in [0.4, 0.5) is 0 Å². The molecule has 0 aromatic carbocycles. The predicted molar refractivity (Wildman–Crippen MR) is 82.4 cm³/mol. The molecule has 0 atom stereocenters. The fourth-order valence-corrected chi connectivity index (χ4v) is 0.408. The fourth-order valence-electron chi connectivity index (χ4n) is 0.408. The predicted octanol–water partition coefficient (Wildman–Crippen LogP) is 3.58. The molecule has 120 valence electrons. The third kappa shape index (κ3) is 107. The van der Waals surface area contributed by atoms with Gasteiger partial charge in [-0.25, -0.2) is 0 Å². The first-order chi connectivity index (χ1) is 9.66. The van der Waals surface area contributed by atoms with Crippen LogP contribution in [0.1, 0.15) is 79.1 Å². The van der Waals surface area contributed by atoms with Crippen molar-refractivity contribution in [1.82, 2.24) is 0 Å². The second kappa shape index (κ2) is 50.5. The van der Waals surface area contributed by atoms with Gasteiger partial charge in [0.15, 0.2) is 0 Å².